The lowest BCUT2D eigenvalue weighted by molar-refractivity contribution is 0.285. The van der Waals surface area contributed by atoms with Crippen LogP contribution in [0.4, 0.5) is 0 Å². The number of fused-ring (bicyclic) bond motifs is 1. The molecule has 3 unspecified atom stereocenters. The minimum atomic E-state index is 0.536. The summed E-state index contributed by atoms with van der Waals surface area (Å²) in [5.41, 5.74) is 10.0. The molecule has 3 rings (SSSR count). The third-order valence-corrected chi connectivity index (χ3v) is 4.52. The van der Waals surface area contributed by atoms with Crippen molar-refractivity contribution in [2.45, 2.75) is 32.2 Å². The summed E-state index contributed by atoms with van der Waals surface area (Å²) >= 11 is 0. The fraction of sp³-hybridized carbons (Fsp3) is 0.500. The summed E-state index contributed by atoms with van der Waals surface area (Å²) in [6.07, 6.45) is 1.17. The molecule has 0 saturated carbocycles. The van der Waals surface area contributed by atoms with Gasteiger partial charge in [0.15, 0.2) is 0 Å². The number of rotatable bonds is 2. The first-order valence-corrected chi connectivity index (χ1v) is 7.21. The molecule has 0 radical (unpaired) electrons. The van der Waals surface area contributed by atoms with Crippen LogP contribution in [-0.2, 0) is 0 Å². The summed E-state index contributed by atoms with van der Waals surface area (Å²) in [6.45, 7) is 6.24. The molecule has 1 aliphatic heterocycles. The lowest BCUT2D eigenvalue weighted by atomic mass is 9.78. The van der Waals surface area contributed by atoms with Gasteiger partial charge in [0.1, 0.15) is 0 Å². The first-order chi connectivity index (χ1) is 9.20. The van der Waals surface area contributed by atoms with Crippen molar-refractivity contribution in [2.75, 3.05) is 13.1 Å². The van der Waals surface area contributed by atoms with Crippen LogP contribution in [0.1, 0.15) is 30.5 Å². The van der Waals surface area contributed by atoms with Gasteiger partial charge < -0.3 is 16.0 Å². The van der Waals surface area contributed by atoms with Gasteiger partial charge in [-0.15, -0.1) is 0 Å². The predicted molar refractivity (Wildman–Crippen MR) is 80.4 cm³/mol. The summed E-state index contributed by atoms with van der Waals surface area (Å²) < 4.78 is 0. The van der Waals surface area contributed by atoms with Crippen molar-refractivity contribution in [1.29, 1.82) is 0 Å². The monoisotopic (exact) mass is 257 g/mol. The molecule has 3 nitrogen and oxygen atoms in total. The highest BCUT2D eigenvalue weighted by Crippen LogP contribution is 2.38. The molecule has 102 valence electrons. The van der Waals surface area contributed by atoms with Crippen molar-refractivity contribution in [3.63, 3.8) is 0 Å². The molecule has 19 heavy (non-hydrogen) atoms. The number of para-hydroxylation sites is 1. The summed E-state index contributed by atoms with van der Waals surface area (Å²) in [7, 11) is 0. The quantitative estimate of drug-likeness (QED) is 0.774. The maximum Gasteiger partial charge on any atom is 0.0458 e. The Morgan fingerprint density at radius 1 is 1.32 bits per heavy atom. The number of aryl methyl sites for hydroxylation is 1. The van der Waals surface area contributed by atoms with E-state index in [0.717, 1.165) is 13.1 Å². The van der Waals surface area contributed by atoms with Gasteiger partial charge in [0.05, 0.1) is 0 Å². The molecule has 4 N–H and O–H groups in total. The Balaban J connectivity index is 2.08. The van der Waals surface area contributed by atoms with E-state index in [1.165, 1.54) is 28.6 Å². The van der Waals surface area contributed by atoms with Crippen LogP contribution in [0.25, 0.3) is 10.9 Å². The second-order valence-corrected chi connectivity index (χ2v) is 5.86. The highest BCUT2D eigenvalue weighted by atomic mass is 14.9. The van der Waals surface area contributed by atoms with Crippen LogP contribution < -0.4 is 11.1 Å². The number of hydrogen-bond donors (Lipinski definition) is 3. The standard InChI is InChI=1S/C16H23N3/c1-10-7-14(12(8-17)9-18-10)16-11(2)19-15-6-4-3-5-13(15)16/h3-6,10,12,14,18-19H,7-9,17H2,1-2H3. The van der Waals surface area contributed by atoms with Crippen LogP contribution in [0.3, 0.4) is 0 Å². The highest BCUT2D eigenvalue weighted by Gasteiger charge is 2.31. The SMILES string of the molecule is Cc1[nH]c2ccccc2c1C1CC(C)NCC1CN. The van der Waals surface area contributed by atoms with E-state index in [1.54, 1.807) is 0 Å². The van der Waals surface area contributed by atoms with E-state index in [1.807, 2.05) is 0 Å². The Bertz CT molecular complexity index is 572. The molecule has 1 aromatic heterocycles. The van der Waals surface area contributed by atoms with Crippen LogP contribution >= 0.6 is 0 Å². The highest BCUT2D eigenvalue weighted by molar-refractivity contribution is 5.85. The van der Waals surface area contributed by atoms with Gasteiger partial charge in [0, 0.05) is 22.6 Å². The number of nitrogens with one attached hydrogen (secondary N) is 2. The first kappa shape index (κ1) is 12.7. The Labute approximate surface area is 114 Å². The average molecular weight is 257 g/mol. The van der Waals surface area contributed by atoms with Gasteiger partial charge in [-0.1, -0.05) is 18.2 Å². The molecular weight excluding hydrogens is 234 g/mol. The summed E-state index contributed by atoms with van der Waals surface area (Å²) in [5.74, 6) is 1.10. The topological polar surface area (TPSA) is 53.8 Å². The molecule has 3 heteroatoms. The zero-order chi connectivity index (χ0) is 13.4. The molecule has 1 aromatic carbocycles. The lowest BCUT2D eigenvalue weighted by Crippen LogP contribution is -2.44. The van der Waals surface area contributed by atoms with Crippen LogP contribution in [-0.4, -0.2) is 24.1 Å². The fourth-order valence-corrected chi connectivity index (χ4v) is 3.53. The van der Waals surface area contributed by atoms with E-state index in [0.29, 0.717) is 17.9 Å². The molecule has 2 heterocycles. The Morgan fingerprint density at radius 3 is 2.89 bits per heavy atom. The molecule has 1 aliphatic rings. The van der Waals surface area contributed by atoms with Gasteiger partial charge in [-0.3, -0.25) is 0 Å². The minimum absolute atomic E-state index is 0.536. The molecule has 0 aliphatic carbocycles. The molecule has 1 saturated heterocycles. The van der Waals surface area contributed by atoms with Crippen molar-refractivity contribution < 1.29 is 0 Å². The molecule has 2 aromatic rings. The van der Waals surface area contributed by atoms with E-state index in [9.17, 15) is 0 Å². The number of hydrogen-bond acceptors (Lipinski definition) is 2. The van der Waals surface area contributed by atoms with Crippen molar-refractivity contribution in [2.24, 2.45) is 11.7 Å². The van der Waals surface area contributed by atoms with Gasteiger partial charge in [-0.2, -0.15) is 0 Å². The minimum Gasteiger partial charge on any atom is -0.358 e. The zero-order valence-corrected chi connectivity index (χ0v) is 11.7. The number of nitrogens with two attached hydrogens (primary N) is 1. The molecule has 0 bridgehead atoms. The van der Waals surface area contributed by atoms with E-state index in [4.69, 9.17) is 5.73 Å². The Morgan fingerprint density at radius 2 is 2.11 bits per heavy atom. The molecule has 1 fully saturated rings. The van der Waals surface area contributed by atoms with Crippen molar-refractivity contribution in [1.82, 2.24) is 10.3 Å². The molecule has 0 amide bonds. The van der Waals surface area contributed by atoms with Crippen molar-refractivity contribution in [3.05, 3.63) is 35.5 Å². The first-order valence-electron chi connectivity index (χ1n) is 7.21. The smallest absolute Gasteiger partial charge is 0.0458 e. The maximum absolute atomic E-state index is 5.99. The summed E-state index contributed by atoms with van der Waals surface area (Å²) in [5, 5.41) is 4.92. The van der Waals surface area contributed by atoms with Crippen LogP contribution in [0.15, 0.2) is 24.3 Å². The van der Waals surface area contributed by atoms with Gasteiger partial charge in [-0.25, -0.2) is 0 Å². The summed E-state index contributed by atoms with van der Waals surface area (Å²) in [6, 6.07) is 9.18. The summed E-state index contributed by atoms with van der Waals surface area (Å²) in [4.78, 5) is 3.52. The number of H-pyrrole nitrogens is 1. The lowest BCUT2D eigenvalue weighted by Gasteiger charge is -2.35. The van der Waals surface area contributed by atoms with E-state index < -0.39 is 0 Å². The van der Waals surface area contributed by atoms with Gasteiger partial charge in [0.2, 0.25) is 0 Å². The number of piperidine rings is 1. The third-order valence-electron chi connectivity index (χ3n) is 4.52. The second-order valence-electron chi connectivity index (χ2n) is 5.86. The van der Waals surface area contributed by atoms with E-state index >= 15 is 0 Å². The van der Waals surface area contributed by atoms with E-state index in [-0.39, 0.29) is 0 Å². The van der Waals surface area contributed by atoms with Crippen molar-refractivity contribution >= 4 is 10.9 Å². The largest absolute Gasteiger partial charge is 0.358 e. The Kier molecular flexibility index (Phi) is 3.33. The molecular formula is C16H23N3. The maximum atomic E-state index is 5.99. The fourth-order valence-electron chi connectivity index (χ4n) is 3.53. The van der Waals surface area contributed by atoms with Crippen molar-refractivity contribution in [3.8, 4) is 0 Å². The van der Waals surface area contributed by atoms with Crippen LogP contribution in [0.2, 0.25) is 0 Å². The van der Waals surface area contributed by atoms with Gasteiger partial charge in [0.25, 0.3) is 0 Å². The van der Waals surface area contributed by atoms with E-state index in [2.05, 4.69) is 48.4 Å². The second kappa shape index (κ2) is 4.99. The van der Waals surface area contributed by atoms with Crippen LogP contribution in [0, 0.1) is 12.8 Å². The Hall–Kier alpha value is -1.32. The molecule has 0 spiro atoms. The number of aromatic nitrogens is 1. The average Bonchev–Trinajstić information content (AvgIpc) is 2.74. The zero-order valence-electron chi connectivity index (χ0n) is 11.7. The molecule has 3 atom stereocenters. The van der Waals surface area contributed by atoms with Gasteiger partial charge in [-0.05, 0) is 56.8 Å². The van der Waals surface area contributed by atoms with Crippen LogP contribution in [0.5, 0.6) is 0 Å². The third kappa shape index (κ3) is 2.17. The van der Waals surface area contributed by atoms with Gasteiger partial charge >= 0.3 is 0 Å². The normalized spacial score (nSPS) is 27.8. The number of aromatic amines is 1. The number of benzene rings is 1. The predicted octanol–water partition coefficient (Wildman–Crippen LogP) is 2.52.